The normalized spacial score (nSPS) is 21.5. The SMILES string of the molecule is CC(C(=O)NS(=O)(=O)CC1CCCO1)N(C)CC(F)(F)F. The first-order valence-corrected chi connectivity index (χ1v) is 8.08. The molecule has 0 aliphatic carbocycles. The van der Waals surface area contributed by atoms with Crippen LogP contribution in [0.4, 0.5) is 13.2 Å². The van der Waals surface area contributed by atoms with Crippen LogP contribution in [-0.4, -0.2) is 63.5 Å². The molecule has 0 aromatic rings. The van der Waals surface area contributed by atoms with E-state index in [0.29, 0.717) is 13.0 Å². The Balaban J connectivity index is 2.54. The minimum atomic E-state index is -4.46. The average Bonchev–Trinajstić information content (AvgIpc) is 2.76. The van der Waals surface area contributed by atoms with Crippen molar-refractivity contribution in [2.45, 2.75) is 38.1 Å². The summed E-state index contributed by atoms with van der Waals surface area (Å²) < 4.78 is 67.2. The lowest BCUT2D eigenvalue weighted by Gasteiger charge is -2.24. The van der Waals surface area contributed by atoms with Crippen LogP contribution in [0.15, 0.2) is 0 Å². The van der Waals surface area contributed by atoms with Gasteiger partial charge in [-0.15, -0.1) is 0 Å². The van der Waals surface area contributed by atoms with E-state index in [-0.39, 0.29) is 5.75 Å². The van der Waals surface area contributed by atoms with Crippen LogP contribution in [0.25, 0.3) is 0 Å². The van der Waals surface area contributed by atoms with Gasteiger partial charge in [-0.05, 0) is 26.8 Å². The monoisotopic (exact) mass is 332 g/mol. The van der Waals surface area contributed by atoms with Crippen molar-refractivity contribution in [2.75, 3.05) is 26.0 Å². The summed E-state index contributed by atoms with van der Waals surface area (Å²) in [6.07, 6.45) is -3.60. The summed E-state index contributed by atoms with van der Waals surface area (Å²) in [5, 5.41) is 0. The highest BCUT2D eigenvalue weighted by Crippen LogP contribution is 2.17. The van der Waals surface area contributed by atoms with Gasteiger partial charge in [0.2, 0.25) is 15.9 Å². The van der Waals surface area contributed by atoms with Gasteiger partial charge in [0, 0.05) is 6.61 Å². The van der Waals surface area contributed by atoms with Crippen LogP contribution in [-0.2, 0) is 19.6 Å². The standard InChI is InChI=1S/C11H19F3N2O4S/c1-8(16(2)7-11(12,13)14)10(17)15-21(18,19)6-9-4-3-5-20-9/h8-9H,3-7H2,1-2H3,(H,15,17). The minimum absolute atomic E-state index is 0.367. The van der Waals surface area contributed by atoms with Crippen molar-refractivity contribution < 1.29 is 31.1 Å². The third kappa shape index (κ3) is 6.62. The van der Waals surface area contributed by atoms with Gasteiger partial charge >= 0.3 is 6.18 Å². The number of carbonyl (C=O) groups is 1. The summed E-state index contributed by atoms with van der Waals surface area (Å²) in [7, 11) is -2.82. The number of halogens is 3. The maximum atomic E-state index is 12.2. The number of alkyl halides is 3. The molecule has 124 valence electrons. The molecule has 0 bridgehead atoms. The fourth-order valence-electron chi connectivity index (χ4n) is 1.92. The zero-order valence-electron chi connectivity index (χ0n) is 11.8. The van der Waals surface area contributed by atoms with E-state index in [1.807, 2.05) is 0 Å². The van der Waals surface area contributed by atoms with Gasteiger partial charge in [0.25, 0.3) is 0 Å². The number of rotatable bonds is 6. The number of ether oxygens (including phenoxy) is 1. The Bertz CT molecular complexity index is 461. The van der Waals surface area contributed by atoms with E-state index >= 15 is 0 Å². The third-order valence-electron chi connectivity index (χ3n) is 3.15. The second-order valence-corrected chi connectivity index (χ2v) is 6.86. The third-order valence-corrected chi connectivity index (χ3v) is 4.48. The van der Waals surface area contributed by atoms with E-state index in [0.717, 1.165) is 18.4 Å². The molecule has 2 atom stereocenters. The van der Waals surface area contributed by atoms with E-state index in [2.05, 4.69) is 0 Å². The summed E-state index contributed by atoms with van der Waals surface area (Å²) in [5.74, 6) is -1.35. The van der Waals surface area contributed by atoms with Crippen molar-refractivity contribution in [3.8, 4) is 0 Å². The van der Waals surface area contributed by atoms with Crippen molar-refractivity contribution in [2.24, 2.45) is 0 Å². The van der Waals surface area contributed by atoms with E-state index in [1.54, 1.807) is 4.72 Å². The molecule has 0 aromatic carbocycles. The number of hydrogen-bond acceptors (Lipinski definition) is 5. The maximum Gasteiger partial charge on any atom is 0.401 e. The number of carbonyl (C=O) groups excluding carboxylic acids is 1. The first-order valence-electron chi connectivity index (χ1n) is 6.43. The molecule has 0 saturated carbocycles. The summed E-state index contributed by atoms with van der Waals surface area (Å²) in [6.45, 7) is 0.384. The van der Waals surface area contributed by atoms with E-state index in [9.17, 15) is 26.4 Å². The predicted molar refractivity (Wildman–Crippen MR) is 69.1 cm³/mol. The van der Waals surface area contributed by atoms with Gasteiger partial charge in [-0.25, -0.2) is 8.42 Å². The predicted octanol–water partition coefficient (Wildman–Crippen LogP) is 0.494. The number of nitrogens with zero attached hydrogens (tertiary/aromatic N) is 1. The molecule has 1 heterocycles. The molecule has 1 N–H and O–H groups in total. The van der Waals surface area contributed by atoms with Crippen LogP contribution >= 0.6 is 0 Å². The molecule has 1 aliphatic heterocycles. The van der Waals surface area contributed by atoms with Gasteiger partial charge < -0.3 is 4.74 Å². The minimum Gasteiger partial charge on any atom is -0.377 e. The molecule has 10 heteroatoms. The Morgan fingerprint density at radius 1 is 1.48 bits per heavy atom. The van der Waals surface area contributed by atoms with Gasteiger partial charge in [-0.2, -0.15) is 13.2 Å². The molecule has 1 aliphatic rings. The van der Waals surface area contributed by atoms with Crippen molar-refractivity contribution in [3.63, 3.8) is 0 Å². The van der Waals surface area contributed by atoms with Gasteiger partial charge in [-0.1, -0.05) is 0 Å². The molecule has 1 fully saturated rings. The van der Waals surface area contributed by atoms with E-state index < -0.39 is 40.8 Å². The van der Waals surface area contributed by atoms with Crippen LogP contribution < -0.4 is 4.72 Å². The second-order valence-electron chi connectivity index (χ2n) is 5.09. The second kappa shape index (κ2) is 6.93. The zero-order valence-corrected chi connectivity index (χ0v) is 12.6. The molecule has 0 radical (unpaired) electrons. The van der Waals surface area contributed by atoms with Crippen molar-refractivity contribution >= 4 is 15.9 Å². The number of amides is 1. The summed E-state index contributed by atoms with van der Waals surface area (Å²) in [6, 6.07) is -1.22. The highest BCUT2D eigenvalue weighted by molar-refractivity contribution is 7.90. The Morgan fingerprint density at radius 3 is 2.57 bits per heavy atom. The quantitative estimate of drug-likeness (QED) is 0.766. The van der Waals surface area contributed by atoms with Gasteiger partial charge in [-0.3, -0.25) is 14.4 Å². The molecule has 21 heavy (non-hydrogen) atoms. The highest BCUT2D eigenvalue weighted by Gasteiger charge is 2.34. The molecule has 1 amide bonds. The molecular formula is C11H19F3N2O4S. The molecule has 6 nitrogen and oxygen atoms in total. The lowest BCUT2D eigenvalue weighted by atomic mass is 10.3. The molecular weight excluding hydrogens is 313 g/mol. The lowest BCUT2D eigenvalue weighted by molar-refractivity contribution is -0.150. The van der Waals surface area contributed by atoms with Gasteiger partial charge in [0.1, 0.15) is 0 Å². The Labute approximate surface area is 121 Å². The van der Waals surface area contributed by atoms with Crippen LogP contribution in [0.5, 0.6) is 0 Å². The fraction of sp³-hybridized carbons (Fsp3) is 0.909. The van der Waals surface area contributed by atoms with E-state index in [4.69, 9.17) is 4.74 Å². The number of likely N-dealkylation sites (N-methyl/N-ethyl adjacent to an activating group) is 1. The number of sulfonamides is 1. The Kier molecular flexibility index (Phi) is 6.00. The smallest absolute Gasteiger partial charge is 0.377 e. The Morgan fingerprint density at radius 2 is 2.10 bits per heavy atom. The van der Waals surface area contributed by atoms with Crippen LogP contribution in [0, 0.1) is 0 Å². The topological polar surface area (TPSA) is 75.7 Å². The van der Waals surface area contributed by atoms with Crippen LogP contribution in [0.2, 0.25) is 0 Å². The summed E-state index contributed by atoms with van der Waals surface area (Å²) in [4.78, 5) is 12.5. The number of hydrogen-bond donors (Lipinski definition) is 1. The van der Waals surface area contributed by atoms with Gasteiger partial charge in [0.05, 0.1) is 24.4 Å². The van der Waals surface area contributed by atoms with Crippen molar-refractivity contribution in [1.82, 2.24) is 9.62 Å². The summed E-state index contributed by atoms with van der Waals surface area (Å²) in [5.41, 5.74) is 0. The van der Waals surface area contributed by atoms with Crippen LogP contribution in [0.3, 0.4) is 0 Å². The molecule has 0 aromatic heterocycles. The van der Waals surface area contributed by atoms with Gasteiger partial charge in [0.15, 0.2) is 0 Å². The first kappa shape index (κ1) is 18.2. The highest BCUT2D eigenvalue weighted by atomic mass is 32.2. The number of nitrogens with one attached hydrogen (secondary N) is 1. The summed E-state index contributed by atoms with van der Waals surface area (Å²) >= 11 is 0. The molecule has 0 spiro atoms. The zero-order chi connectivity index (χ0) is 16.3. The fourth-order valence-corrected chi connectivity index (χ4v) is 3.23. The van der Waals surface area contributed by atoms with Crippen LogP contribution in [0.1, 0.15) is 19.8 Å². The first-order chi connectivity index (χ1) is 9.50. The lowest BCUT2D eigenvalue weighted by Crippen LogP contribution is -2.49. The largest absolute Gasteiger partial charge is 0.401 e. The maximum absolute atomic E-state index is 12.2. The van der Waals surface area contributed by atoms with Crippen molar-refractivity contribution in [3.05, 3.63) is 0 Å². The molecule has 1 rings (SSSR count). The molecule has 1 saturated heterocycles. The van der Waals surface area contributed by atoms with E-state index in [1.165, 1.54) is 6.92 Å². The average molecular weight is 332 g/mol. The van der Waals surface area contributed by atoms with Crippen molar-refractivity contribution in [1.29, 1.82) is 0 Å². The Hall–Kier alpha value is -0.870. The molecule has 2 unspecified atom stereocenters.